The zero-order valence-corrected chi connectivity index (χ0v) is 26.7. The minimum Gasteiger partial charge on any atom is -0.366 e. The van der Waals surface area contributed by atoms with Crippen molar-refractivity contribution >= 4 is 38.0 Å². The summed E-state index contributed by atoms with van der Waals surface area (Å²) >= 11 is 0. The Labute approximate surface area is 281 Å². The second-order valence-electron chi connectivity index (χ2n) is 12.4. The molecule has 3 N–H and O–H groups in total. The lowest BCUT2D eigenvalue weighted by Crippen LogP contribution is -2.27. The van der Waals surface area contributed by atoms with Gasteiger partial charge in [0.2, 0.25) is 0 Å². The summed E-state index contributed by atoms with van der Waals surface area (Å²) in [6, 6.07) is 62.7. The third-order valence-electron chi connectivity index (χ3n) is 9.26. The van der Waals surface area contributed by atoms with E-state index >= 15 is 0 Å². The molecular weight excluding hydrogens is 581 g/mol. The van der Waals surface area contributed by atoms with Crippen LogP contribution in [0.1, 0.15) is 22.9 Å². The first kappa shape index (κ1) is 29.4. The van der Waals surface area contributed by atoms with Crippen molar-refractivity contribution in [2.45, 2.75) is 12.6 Å². The highest BCUT2D eigenvalue weighted by molar-refractivity contribution is 6.17. The summed E-state index contributed by atoms with van der Waals surface area (Å²) in [7, 11) is 0. The summed E-state index contributed by atoms with van der Waals surface area (Å²) < 4.78 is 0. The van der Waals surface area contributed by atoms with Crippen molar-refractivity contribution in [1.29, 1.82) is 0 Å². The first-order chi connectivity index (χ1) is 23.7. The van der Waals surface area contributed by atoms with Crippen LogP contribution in [0.25, 0.3) is 60.3 Å². The maximum atomic E-state index is 6.93. The predicted molar refractivity (Wildman–Crippen MR) is 204 cm³/mol. The van der Waals surface area contributed by atoms with Crippen LogP contribution in [0.3, 0.4) is 0 Å². The van der Waals surface area contributed by atoms with Gasteiger partial charge in [-0.25, -0.2) is 0 Å². The molecule has 8 rings (SSSR count). The average Bonchev–Trinajstić information content (AvgIpc) is 3.16. The summed E-state index contributed by atoms with van der Waals surface area (Å²) in [6.07, 6.45) is 2.67. The average molecular weight is 617 g/mol. The summed E-state index contributed by atoms with van der Waals surface area (Å²) in [6.45, 7) is 0. The molecule has 0 amide bonds. The van der Waals surface area contributed by atoms with Crippen LogP contribution in [0.4, 0.5) is 0 Å². The van der Waals surface area contributed by atoms with Gasteiger partial charge < -0.3 is 11.1 Å². The smallest absolute Gasteiger partial charge is 0.101 e. The number of fused-ring (bicyclic) bond motifs is 4. The number of benzene rings is 8. The first-order valence-electron chi connectivity index (χ1n) is 16.6. The molecule has 0 aliphatic heterocycles. The van der Waals surface area contributed by atoms with Gasteiger partial charge in [-0.05, 0) is 84.3 Å². The van der Waals surface area contributed by atoms with Crippen LogP contribution in [0.5, 0.6) is 0 Å². The Morgan fingerprint density at radius 2 is 1.04 bits per heavy atom. The monoisotopic (exact) mass is 616 g/mol. The Balaban J connectivity index is 1.32. The number of hydrogen-bond donors (Lipinski definition) is 2. The Hall–Kier alpha value is -5.96. The van der Waals surface area contributed by atoms with Gasteiger partial charge in [-0.1, -0.05) is 170 Å². The molecule has 0 radical (unpaired) electrons. The Morgan fingerprint density at radius 1 is 0.479 bits per heavy atom. The van der Waals surface area contributed by atoms with E-state index in [1.165, 1.54) is 65.7 Å². The van der Waals surface area contributed by atoms with Crippen molar-refractivity contribution in [1.82, 2.24) is 5.32 Å². The van der Waals surface area contributed by atoms with Gasteiger partial charge in [0.25, 0.3) is 0 Å². The van der Waals surface area contributed by atoms with E-state index in [-0.39, 0.29) is 6.17 Å². The van der Waals surface area contributed by atoms with E-state index in [2.05, 4.69) is 169 Å². The molecule has 0 aliphatic carbocycles. The summed E-state index contributed by atoms with van der Waals surface area (Å²) in [4.78, 5) is 0. The molecule has 1 unspecified atom stereocenters. The number of hydrogen-bond acceptors (Lipinski definition) is 2. The maximum Gasteiger partial charge on any atom is 0.101 e. The molecule has 8 aromatic rings. The molecule has 0 saturated carbocycles. The standard InChI is InChI=1S/C46H36N2/c47-46(36-19-8-3-9-20-36)48-44(45-41-23-13-11-21-37(41)31-43-40-22-12-10-18-35(40)25-26-42(43)45)27-24-32-28-38(33-14-4-1-5-15-33)30-39(29-32)34-16-6-2-7-17-34/h1-23,25-31,46,48H,24,47H2/b44-27-. The normalized spacial score (nSPS) is 12.4. The van der Waals surface area contributed by atoms with Crippen molar-refractivity contribution in [2.24, 2.45) is 5.73 Å². The fourth-order valence-corrected chi connectivity index (χ4v) is 6.88. The molecule has 2 nitrogen and oxygen atoms in total. The molecule has 0 heterocycles. The molecule has 2 heteroatoms. The largest absolute Gasteiger partial charge is 0.366 e. The predicted octanol–water partition coefficient (Wildman–Crippen LogP) is 11.3. The van der Waals surface area contributed by atoms with Gasteiger partial charge in [0.05, 0.1) is 0 Å². The van der Waals surface area contributed by atoms with Crippen molar-refractivity contribution < 1.29 is 0 Å². The number of rotatable bonds is 8. The fraction of sp³-hybridized carbons (Fsp3) is 0.0435. The van der Waals surface area contributed by atoms with E-state index < -0.39 is 0 Å². The lowest BCUT2D eigenvalue weighted by atomic mass is 9.90. The minimum atomic E-state index is -0.387. The van der Waals surface area contributed by atoms with Crippen molar-refractivity contribution in [3.63, 3.8) is 0 Å². The molecular formula is C46H36N2. The summed E-state index contributed by atoms with van der Waals surface area (Å²) in [5.74, 6) is 0. The Morgan fingerprint density at radius 3 is 1.71 bits per heavy atom. The van der Waals surface area contributed by atoms with Gasteiger partial charge in [0.1, 0.15) is 6.17 Å². The molecule has 230 valence electrons. The van der Waals surface area contributed by atoms with E-state index in [0.29, 0.717) is 0 Å². The summed E-state index contributed by atoms with van der Waals surface area (Å²) in [5.41, 5.74) is 16.2. The van der Waals surface area contributed by atoms with Crippen LogP contribution in [0.2, 0.25) is 0 Å². The molecule has 0 bridgehead atoms. The molecule has 48 heavy (non-hydrogen) atoms. The van der Waals surface area contributed by atoms with E-state index in [9.17, 15) is 0 Å². The van der Waals surface area contributed by atoms with Gasteiger partial charge in [0.15, 0.2) is 0 Å². The van der Waals surface area contributed by atoms with Crippen molar-refractivity contribution in [3.05, 3.63) is 199 Å². The van der Waals surface area contributed by atoms with Crippen LogP contribution in [-0.4, -0.2) is 0 Å². The minimum absolute atomic E-state index is 0.387. The van der Waals surface area contributed by atoms with Crippen LogP contribution < -0.4 is 11.1 Å². The number of allylic oxidation sites excluding steroid dienone is 1. The second kappa shape index (κ2) is 13.0. The highest BCUT2D eigenvalue weighted by Crippen LogP contribution is 2.37. The van der Waals surface area contributed by atoms with E-state index in [1.54, 1.807) is 0 Å². The maximum absolute atomic E-state index is 6.93. The van der Waals surface area contributed by atoms with Crippen molar-refractivity contribution in [2.75, 3.05) is 0 Å². The van der Waals surface area contributed by atoms with Gasteiger partial charge in [-0.15, -0.1) is 0 Å². The first-order valence-corrected chi connectivity index (χ1v) is 16.6. The lowest BCUT2D eigenvalue weighted by Gasteiger charge is -2.22. The zero-order valence-electron chi connectivity index (χ0n) is 26.7. The SMILES string of the molecule is NC(N/C(=C\Cc1cc(-c2ccccc2)cc(-c2ccccc2)c1)c1c2ccccc2cc2c1ccc1ccccc12)c1ccccc1. The lowest BCUT2D eigenvalue weighted by molar-refractivity contribution is 0.666. The molecule has 8 aromatic carbocycles. The van der Waals surface area contributed by atoms with Gasteiger partial charge in [-0.3, -0.25) is 0 Å². The molecule has 0 spiro atoms. The summed E-state index contributed by atoms with van der Waals surface area (Å²) in [5, 5.41) is 11.1. The molecule has 0 saturated heterocycles. The van der Waals surface area contributed by atoms with Gasteiger partial charge in [0, 0.05) is 11.3 Å². The van der Waals surface area contributed by atoms with Crippen LogP contribution in [0, 0.1) is 0 Å². The number of nitrogens with one attached hydrogen (secondary N) is 1. The van der Waals surface area contributed by atoms with Gasteiger partial charge in [-0.2, -0.15) is 0 Å². The number of nitrogens with two attached hydrogens (primary N) is 1. The highest BCUT2D eigenvalue weighted by atomic mass is 15.0. The molecule has 1 atom stereocenters. The third kappa shape index (κ3) is 5.86. The molecule has 0 aromatic heterocycles. The third-order valence-corrected chi connectivity index (χ3v) is 9.26. The van der Waals surface area contributed by atoms with Crippen LogP contribution >= 0.6 is 0 Å². The second-order valence-corrected chi connectivity index (χ2v) is 12.4. The van der Waals surface area contributed by atoms with Crippen LogP contribution in [0.15, 0.2) is 182 Å². The fourth-order valence-electron chi connectivity index (χ4n) is 6.88. The Kier molecular flexibility index (Phi) is 8.00. The quantitative estimate of drug-likeness (QED) is 0.101. The molecule has 0 fully saturated rings. The van der Waals surface area contributed by atoms with E-state index in [4.69, 9.17) is 5.73 Å². The van der Waals surface area contributed by atoms with Gasteiger partial charge >= 0.3 is 0 Å². The molecule has 0 aliphatic rings. The topological polar surface area (TPSA) is 38.0 Å². The Bertz CT molecular complexity index is 2340. The zero-order chi connectivity index (χ0) is 32.3. The van der Waals surface area contributed by atoms with Crippen LogP contribution in [-0.2, 0) is 6.42 Å². The van der Waals surface area contributed by atoms with E-state index in [1.807, 2.05) is 18.2 Å². The highest BCUT2D eigenvalue weighted by Gasteiger charge is 2.17. The van der Waals surface area contributed by atoms with Crippen molar-refractivity contribution in [3.8, 4) is 22.3 Å². The van der Waals surface area contributed by atoms with E-state index in [0.717, 1.165) is 17.7 Å².